The number of fused-ring (bicyclic) bond motifs is 1. The molecule has 0 amide bonds. The molecule has 0 saturated heterocycles. The van der Waals surface area contributed by atoms with Crippen LogP contribution in [0.15, 0.2) is 10.5 Å². The van der Waals surface area contributed by atoms with E-state index in [0.717, 1.165) is 24.5 Å². The molecule has 0 aromatic heterocycles. The molecule has 110 valence electrons. The molecule has 0 radical (unpaired) electrons. The molecule has 1 fully saturated rings. The van der Waals surface area contributed by atoms with E-state index in [2.05, 4.69) is 22.0 Å². The van der Waals surface area contributed by atoms with Crippen LogP contribution in [0.4, 0.5) is 0 Å². The number of rotatable bonds is 3. The maximum Gasteiger partial charge on any atom is 0.165 e. The van der Waals surface area contributed by atoms with Crippen LogP contribution in [0.2, 0.25) is 0 Å². The minimum absolute atomic E-state index is 0.0992. The highest BCUT2D eigenvalue weighted by Crippen LogP contribution is 2.49. The Balaban J connectivity index is 2.13. The van der Waals surface area contributed by atoms with Crippen molar-refractivity contribution in [3.05, 3.63) is 21.7 Å². The van der Waals surface area contributed by atoms with Gasteiger partial charge in [0.25, 0.3) is 0 Å². The Morgan fingerprint density at radius 2 is 2.10 bits per heavy atom. The highest BCUT2D eigenvalue weighted by molar-refractivity contribution is 9.10. The van der Waals surface area contributed by atoms with Gasteiger partial charge in [0.05, 0.1) is 13.7 Å². The molecule has 3 rings (SSSR count). The number of hydrogen-bond acceptors (Lipinski definition) is 3. The third-order valence-corrected chi connectivity index (χ3v) is 5.77. The van der Waals surface area contributed by atoms with Gasteiger partial charge < -0.3 is 15.2 Å². The highest BCUT2D eigenvalue weighted by Gasteiger charge is 2.37. The maximum absolute atomic E-state index is 6.18. The van der Waals surface area contributed by atoms with Crippen LogP contribution in [-0.4, -0.2) is 20.3 Å². The molecule has 0 unspecified atom stereocenters. The summed E-state index contributed by atoms with van der Waals surface area (Å²) in [4.78, 5) is 0. The molecule has 1 heterocycles. The van der Waals surface area contributed by atoms with Crippen LogP contribution in [0.1, 0.15) is 43.2 Å². The van der Waals surface area contributed by atoms with E-state index < -0.39 is 0 Å². The minimum Gasteiger partial charge on any atom is -0.493 e. The second-order valence-corrected chi connectivity index (χ2v) is 6.68. The summed E-state index contributed by atoms with van der Waals surface area (Å²) in [5, 5.41) is 0. The monoisotopic (exact) mass is 339 g/mol. The number of hydrogen-bond donors (Lipinski definition) is 1. The summed E-state index contributed by atoms with van der Waals surface area (Å²) in [5.74, 6) is 1.76. The van der Waals surface area contributed by atoms with E-state index in [9.17, 15) is 0 Å². The van der Waals surface area contributed by atoms with E-state index in [0.29, 0.717) is 6.54 Å². The normalized spacial score (nSPS) is 20.4. The predicted molar refractivity (Wildman–Crippen MR) is 83.7 cm³/mol. The van der Waals surface area contributed by atoms with Crippen LogP contribution in [0.25, 0.3) is 0 Å². The maximum atomic E-state index is 6.18. The molecule has 1 aliphatic carbocycles. The van der Waals surface area contributed by atoms with E-state index in [1.807, 2.05) is 0 Å². The molecule has 2 aliphatic rings. The zero-order valence-electron chi connectivity index (χ0n) is 12.0. The fraction of sp³-hybridized carbons (Fsp3) is 0.625. The molecular formula is C16H22BrNO2. The number of halogens is 1. The molecular weight excluding hydrogens is 318 g/mol. The van der Waals surface area contributed by atoms with Crippen LogP contribution in [-0.2, 0) is 11.8 Å². The second-order valence-electron chi connectivity index (χ2n) is 5.89. The number of methoxy groups -OCH3 is 1. The van der Waals surface area contributed by atoms with Crippen molar-refractivity contribution in [1.82, 2.24) is 0 Å². The zero-order valence-corrected chi connectivity index (χ0v) is 13.6. The van der Waals surface area contributed by atoms with Crippen LogP contribution in [0, 0.1) is 0 Å². The van der Waals surface area contributed by atoms with E-state index >= 15 is 0 Å². The number of ether oxygens (including phenoxy) is 2. The van der Waals surface area contributed by atoms with Gasteiger partial charge in [0.2, 0.25) is 0 Å². The van der Waals surface area contributed by atoms with E-state index in [-0.39, 0.29) is 5.41 Å². The molecule has 0 spiro atoms. The lowest BCUT2D eigenvalue weighted by molar-refractivity contribution is 0.296. The molecule has 0 bridgehead atoms. The lowest BCUT2D eigenvalue weighted by Crippen LogP contribution is -2.37. The Labute approximate surface area is 129 Å². The average Bonchev–Trinajstić information content (AvgIpc) is 2.98. The first kappa shape index (κ1) is 14.2. The molecule has 1 aromatic carbocycles. The van der Waals surface area contributed by atoms with Crippen LogP contribution >= 0.6 is 15.9 Å². The first-order valence-electron chi connectivity index (χ1n) is 7.44. The van der Waals surface area contributed by atoms with Gasteiger partial charge in [-0.25, -0.2) is 0 Å². The van der Waals surface area contributed by atoms with E-state index in [1.165, 1.54) is 47.7 Å². The SMILES string of the molecule is COc1cc(C2(CN)CCCCC2)c(Br)c2c1OCC2. The fourth-order valence-electron chi connectivity index (χ4n) is 3.66. The Bertz CT molecular complexity index is 510. The van der Waals surface area contributed by atoms with Gasteiger partial charge in [0.15, 0.2) is 11.5 Å². The van der Waals surface area contributed by atoms with Crippen molar-refractivity contribution in [2.45, 2.75) is 43.9 Å². The number of nitrogens with two attached hydrogens (primary N) is 1. The van der Waals surface area contributed by atoms with E-state index in [1.54, 1.807) is 7.11 Å². The number of benzene rings is 1. The van der Waals surface area contributed by atoms with Gasteiger partial charge >= 0.3 is 0 Å². The Hall–Kier alpha value is -0.740. The summed E-state index contributed by atoms with van der Waals surface area (Å²) in [7, 11) is 1.71. The lowest BCUT2D eigenvalue weighted by Gasteiger charge is -2.38. The van der Waals surface area contributed by atoms with Gasteiger partial charge in [-0.2, -0.15) is 0 Å². The first-order chi connectivity index (χ1) is 9.72. The largest absolute Gasteiger partial charge is 0.493 e. The van der Waals surface area contributed by atoms with Crippen LogP contribution < -0.4 is 15.2 Å². The summed E-state index contributed by atoms with van der Waals surface area (Å²) < 4.78 is 12.5. The molecule has 1 saturated carbocycles. The fourth-order valence-corrected chi connectivity index (χ4v) is 4.57. The van der Waals surface area contributed by atoms with E-state index in [4.69, 9.17) is 15.2 Å². The summed E-state index contributed by atoms with van der Waals surface area (Å²) >= 11 is 3.82. The average molecular weight is 340 g/mol. The molecule has 4 heteroatoms. The molecule has 1 aliphatic heterocycles. The standard InChI is InChI=1S/C16H22BrNO2/c1-19-13-9-12(14(17)11-5-8-20-15(11)13)16(10-18)6-3-2-4-7-16/h9H,2-8,10,18H2,1H3. The smallest absolute Gasteiger partial charge is 0.165 e. The van der Waals surface area contributed by atoms with Crippen molar-refractivity contribution in [1.29, 1.82) is 0 Å². The Morgan fingerprint density at radius 3 is 2.75 bits per heavy atom. The highest BCUT2D eigenvalue weighted by atomic mass is 79.9. The molecule has 1 aromatic rings. The van der Waals surface area contributed by atoms with Gasteiger partial charge in [-0.1, -0.05) is 35.2 Å². The molecule has 2 N–H and O–H groups in total. The van der Waals surface area contributed by atoms with Crippen LogP contribution in [0.5, 0.6) is 11.5 Å². The van der Waals surface area contributed by atoms with Crippen LogP contribution in [0.3, 0.4) is 0 Å². The topological polar surface area (TPSA) is 44.5 Å². The first-order valence-corrected chi connectivity index (χ1v) is 8.24. The molecule has 0 atom stereocenters. The van der Waals surface area contributed by atoms with Crippen molar-refractivity contribution in [2.24, 2.45) is 5.73 Å². The summed E-state index contributed by atoms with van der Waals surface area (Å²) in [6, 6.07) is 2.15. The third-order valence-electron chi connectivity index (χ3n) is 4.87. The molecule has 20 heavy (non-hydrogen) atoms. The van der Waals surface area contributed by atoms with Crippen molar-refractivity contribution < 1.29 is 9.47 Å². The minimum atomic E-state index is 0.0992. The third kappa shape index (κ3) is 2.13. The van der Waals surface area contributed by atoms with Gasteiger partial charge in [-0.3, -0.25) is 0 Å². The van der Waals surface area contributed by atoms with Gasteiger partial charge in [0, 0.05) is 28.4 Å². The van der Waals surface area contributed by atoms with Crippen molar-refractivity contribution in [3.63, 3.8) is 0 Å². The Morgan fingerprint density at radius 1 is 1.35 bits per heavy atom. The second kappa shape index (κ2) is 5.57. The quantitative estimate of drug-likeness (QED) is 0.915. The zero-order chi connectivity index (χ0) is 14.2. The van der Waals surface area contributed by atoms with Crippen molar-refractivity contribution in [2.75, 3.05) is 20.3 Å². The van der Waals surface area contributed by atoms with Crippen molar-refractivity contribution in [3.8, 4) is 11.5 Å². The lowest BCUT2D eigenvalue weighted by atomic mass is 9.69. The summed E-state index contributed by atoms with van der Waals surface area (Å²) in [6.07, 6.45) is 7.14. The van der Waals surface area contributed by atoms with Gasteiger partial charge in [0.1, 0.15) is 0 Å². The van der Waals surface area contributed by atoms with Gasteiger partial charge in [-0.05, 0) is 24.5 Å². The molecule has 3 nitrogen and oxygen atoms in total. The predicted octanol–water partition coefficient (Wildman–Crippen LogP) is 3.55. The summed E-state index contributed by atoms with van der Waals surface area (Å²) in [6.45, 7) is 1.44. The van der Waals surface area contributed by atoms with Gasteiger partial charge in [-0.15, -0.1) is 0 Å². The Kier molecular flexibility index (Phi) is 3.95. The van der Waals surface area contributed by atoms with Crippen molar-refractivity contribution >= 4 is 15.9 Å². The summed E-state index contributed by atoms with van der Waals surface area (Å²) in [5.41, 5.74) is 8.85.